The normalized spacial score (nSPS) is 14.8. The highest BCUT2D eigenvalue weighted by Gasteiger charge is 2.33. The maximum atomic E-state index is 14.3. The summed E-state index contributed by atoms with van der Waals surface area (Å²) in [6, 6.07) is 4.88. The number of carbonyl (C=O) groups excluding carboxylic acids is 1. The third-order valence-electron chi connectivity index (χ3n) is 4.12. The number of alkyl halides is 2. The molecule has 0 radical (unpaired) electrons. The van der Waals surface area contributed by atoms with Crippen LogP contribution in [0.5, 0.6) is 0 Å². The number of rotatable bonds is 3. The molecule has 0 bridgehead atoms. The molecule has 0 aliphatic carbocycles. The molecule has 0 atom stereocenters. The van der Waals surface area contributed by atoms with Crippen molar-refractivity contribution in [2.24, 2.45) is 0 Å². The number of hydrogen-bond acceptors (Lipinski definition) is 2. The summed E-state index contributed by atoms with van der Waals surface area (Å²) in [4.78, 5) is 13.8. The zero-order valence-electron chi connectivity index (χ0n) is 13.2. The Labute approximate surface area is 153 Å². The van der Waals surface area contributed by atoms with Gasteiger partial charge in [0.15, 0.2) is 0 Å². The van der Waals surface area contributed by atoms with Crippen molar-refractivity contribution in [1.82, 2.24) is 10.2 Å². The zero-order chi connectivity index (χ0) is 18.0. The smallest absolute Gasteiger partial charge is 0.317 e. The number of amides is 2. The average Bonchev–Trinajstić information content (AvgIpc) is 2.92. The van der Waals surface area contributed by atoms with Gasteiger partial charge in [0.1, 0.15) is 5.76 Å². The minimum absolute atomic E-state index is 0.0465. The van der Waals surface area contributed by atoms with Crippen molar-refractivity contribution in [1.29, 1.82) is 0 Å². The second-order valence-electron chi connectivity index (χ2n) is 5.89. The molecule has 0 spiro atoms. The Morgan fingerprint density at radius 1 is 1.28 bits per heavy atom. The molecule has 0 unspecified atom stereocenters. The number of aryl methyl sites for hydroxylation is 1. The predicted octanol–water partition coefficient (Wildman–Crippen LogP) is 4.84. The van der Waals surface area contributed by atoms with Crippen molar-refractivity contribution in [3.05, 3.63) is 57.5 Å². The fraction of sp³-hybridized carbons (Fsp3) is 0.353. The van der Waals surface area contributed by atoms with E-state index in [0.717, 1.165) is 30.2 Å². The lowest BCUT2D eigenvalue weighted by atomic mass is 10.1. The van der Waals surface area contributed by atoms with E-state index in [2.05, 4.69) is 5.32 Å². The van der Waals surface area contributed by atoms with E-state index in [-0.39, 0.29) is 15.6 Å². The quantitative estimate of drug-likeness (QED) is 0.817. The Morgan fingerprint density at radius 2 is 2.08 bits per heavy atom. The summed E-state index contributed by atoms with van der Waals surface area (Å²) in [7, 11) is 0. The third kappa shape index (κ3) is 4.07. The Morgan fingerprint density at radius 3 is 2.84 bits per heavy atom. The van der Waals surface area contributed by atoms with Gasteiger partial charge in [-0.15, -0.1) is 0 Å². The Hall–Kier alpha value is -1.79. The Balaban J connectivity index is 1.64. The van der Waals surface area contributed by atoms with Crippen LogP contribution in [0.2, 0.25) is 10.0 Å². The van der Waals surface area contributed by atoms with Crippen LogP contribution in [-0.2, 0) is 18.9 Å². The molecule has 0 saturated heterocycles. The van der Waals surface area contributed by atoms with Crippen LogP contribution in [0.15, 0.2) is 34.9 Å². The first-order chi connectivity index (χ1) is 11.9. The van der Waals surface area contributed by atoms with Gasteiger partial charge in [-0.1, -0.05) is 29.3 Å². The number of halogens is 4. The van der Waals surface area contributed by atoms with Gasteiger partial charge in [0, 0.05) is 24.1 Å². The molecule has 2 amide bonds. The number of hydrogen-bond donors (Lipinski definition) is 1. The van der Waals surface area contributed by atoms with Gasteiger partial charge in [0.25, 0.3) is 5.92 Å². The van der Waals surface area contributed by atoms with Crippen LogP contribution in [0.3, 0.4) is 0 Å². The first kappa shape index (κ1) is 18.0. The molecule has 134 valence electrons. The Kier molecular flexibility index (Phi) is 5.20. The maximum absolute atomic E-state index is 14.3. The van der Waals surface area contributed by atoms with Crippen LogP contribution >= 0.6 is 23.2 Å². The highest BCUT2D eigenvalue weighted by atomic mass is 35.5. The molecule has 2 aromatic rings. The fourth-order valence-corrected chi connectivity index (χ4v) is 3.04. The number of fused-ring (bicyclic) bond motifs is 1. The first-order valence-corrected chi connectivity index (χ1v) is 8.54. The SMILES string of the molecule is O=C(NCC(F)(F)c1ccc(Cl)c(Cl)c1)N1CCCc2occc2C1. The lowest BCUT2D eigenvalue weighted by Gasteiger charge is -2.23. The summed E-state index contributed by atoms with van der Waals surface area (Å²) < 4.78 is 34.0. The van der Waals surface area contributed by atoms with E-state index in [9.17, 15) is 13.6 Å². The van der Waals surface area contributed by atoms with Gasteiger partial charge in [0.05, 0.1) is 29.4 Å². The lowest BCUT2D eigenvalue weighted by Crippen LogP contribution is -2.43. The van der Waals surface area contributed by atoms with Crippen LogP contribution in [0.4, 0.5) is 13.6 Å². The van der Waals surface area contributed by atoms with E-state index in [0.29, 0.717) is 13.1 Å². The van der Waals surface area contributed by atoms with Crippen molar-refractivity contribution in [2.75, 3.05) is 13.1 Å². The van der Waals surface area contributed by atoms with Gasteiger partial charge >= 0.3 is 6.03 Å². The summed E-state index contributed by atoms with van der Waals surface area (Å²) in [6.45, 7) is 0.00290. The molecule has 0 saturated carbocycles. The number of benzene rings is 1. The number of nitrogens with zero attached hydrogens (tertiary/aromatic N) is 1. The number of urea groups is 1. The molecule has 1 N–H and O–H groups in total. The van der Waals surface area contributed by atoms with E-state index in [1.165, 1.54) is 17.0 Å². The molecule has 8 heteroatoms. The molecule has 1 aliphatic heterocycles. The molecular formula is C17H16Cl2F2N2O2. The monoisotopic (exact) mass is 388 g/mol. The molecule has 4 nitrogen and oxygen atoms in total. The minimum atomic E-state index is -3.25. The number of furan rings is 1. The van der Waals surface area contributed by atoms with Crippen LogP contribution < -0.4 is 5.32 Å². The Bertz CT molecular complexity index is 780. The molecule has 2 heterocycles. The van der Waals surface area contributed by atoms with Crippen LogP contribution in [0.1, 0.15) is 23.3 Å². The standard InChI is InChI=1S/C17H16Cl2F2N2O2/c18-13-4-3-12(8-14(13)19)17(20,21)10-22-16(24)23-6-1-2-15-11(9-23)5-7-25-15/h3-5,7-8H,1-2,6,9-10H2,(H,22,24). The van der Waals surface area contributed by atoms with Crippen molar-refractivity contribution in [3.8, 4) is 0 Å². The van der Waals surface area contributed by atoms with E-state index in [1.54, 1.807) is 12.3 Å². The molecule has 0 fully saturated rings. The second kappa shape index (κ2) is 7.22. The van der Waals surface area contributed by atoms with Gasteiger partial charge < -0.3 is 14.6 Å². The van der Waals surface area contributed by atoms with E-state index < -0.39 is 18.5 Å². The predicted molar refractivity (Wildman–Crippen MR) is 91.2 cm³/mol. The van der Waals surface area contributed by atoms with Gasteiger partial charge in [0.2, 0.25) is 0 Å². The van der Waals surface area contributed by atoms with Gasteiger partial charge in [-0.05, 0) is 24.6 Å². The van der Waals surface area contributed by atoms with Crippen molar-refractivity contribution >= 4 is 29.2 Å². The molecule has 1 aliphatic rings. The van der Waals surface area contributed by atoms with E-state index in [1.807, 2.05) is 0 Å². The van der Waals surface area contributed by atoms with Crippen molar-refractivity contribution < 1.29 is 18.0 Å². The van der Waals surface area contributed by atoms with Gasteiger partial charge in [-0.25, -0.2) is 4.79 Å². The summed E-state index contributed by atoms with van der Waals surface area (Å²) in [5.41, 5.74) is 0.610. The highest BCUT2D eigenvalue weighted by Crippen LogP contribution is 2.32. The van der Waals surface area contributed by atoms with E-state index in [4.69, 9.17) is 27.6 Å². The molecule has 1 aromatic heterocycles. The first-order valence-electron chi connectivity index (χ1n) is 7.78. The molecular weight excluding hydrogens is 373 g/mol. The third-order valence-corrected chi connectivity index (χ3v) is 4.86. The second-order valence-corrected chi connectivity index (χ2v) is 6.70. The molecule has 25 heavy (non-hydrogen) atoms. The largest absolute Gasteiger partial charge is 0.469 e. The number of carbonyl (C=O) groups is 1. The average molecular weight is 389 g/mol. The van der Waals surface area contributed by atoms with Gasteiger partial charge in [-0.3, -0.25) is 0 Å². The molecule has 3 rings (SSSR count). The summed E-state index contributed by atoms with van der Waals surface area (Å²) in [6.07, 6.45) is 3.02. The van der Waals surface area contributed by atoms with Crippen molar-refractivity contribution in [2.45, 2.75) is 25.3 Å². The lowest BCUT2D eigenvalue weighted by molar-refractivity contribution is -0.00163. The summed E-state index contributed by atoms with van der Waals surface area (Å²) in [5, 5.41) is 2.55. The summed E-state index contributed by atoms with van der Waals surface area (Å²) >= 11 is 11.5. The summed E-state index contributed by atoms with van der Waals surface area (Å²) in [5.74, 6) is -2.41. The maximum Gasteiger partial charge on any atom is 0.317 e. The zero-order valence-corrected chi connectivity index (χ0v) is 14.7. The highest BCUT2D eigenvalue weighted by molar-refractivity contribution is 6.42. The van der Waals surface area contributed by atoms with Gasteiger partial charge in [-0.2, -0.15) is 8.78 Å². The number of nitrogens with one attached hydrogen (secondary N) is 1. The van der Waals surface area contributed by atoms with Crippen LogP contribution in [-0.4, -0.2) is 24.0 Å². The van der Waals surface area contributed by atoms with Crippen LogP contribution in [0.25, 0.3) is 0 Å². The van der Waals surface area contributed by atoms with E-state index >= 15 is 0 Å². The van der Waals surface area contributed by atoms with Crippen LogP contribution in [0, 0.1) is 0 Å². The minimum Gasteiger partial charge on any atom is -0.469 e. The van der Waals surface area contributed by atoms with Crippen molar-refractivity contribution in [3.63, 3.8) is 0 Å². The topological polar surface area (TPSA) is 45.5 Å². The fourth-order valence-electron chi connectivity index (χ4n) is 2.74. The molecule has 1 aromatic carbocycles.